The van der Waals surface area contributed by atoms with Crippen molar-refractivity contribution in [2.24, 2.45) is 7.05 Å². The van der Waals surface area contributed by atoms with E-state index in [0.29, 0.717) is 28.1 Å². The molecule has 0 aliphatic rings. The van der Waals surface area contributed by atoms with E-state index in [9.17, 15) is 13.2 Å². The molecule has 0 saturated heterocycles. The second kappa shape index (κ2) is 8.35. The van der Waals surface area contributed by atoms with Gasteiger partial charge in [-0.1, -0.05) is 49.7 Å². The van der Waals surface area contributed by atoms with Gasteiger partial charge in [0.1, 0.15) is 11.3 Å². The number of hydrogen-bond donors (Lipinski definition) is 2. The summed E-state index contributed by atoms with van der Waals surface area (Å²) in [5.74, 6) is 0.453. The summed E-state index contributed by atoms with van der Waals surface area (Å²) in [6.45, 7) is 2.05. The summed E-state index contributed by atoms with van der Waals surface area (Å²) in [6, 6.07) is 15.3. The molecule has 0 bridgehead atoms. The van der Waals surface area contributed by atoms with Crippen LogP contribution in [0.1, 0.15) is 30.4 Å². The highest BCUT2D eigenvalue weighted by atomic mass is 32.2. The van der Waals surface area contributed by atoms with Crippen molar-refractivity contribution in [3.05, 3.63) is 82.0 Å². The lowest BCUT2D eigenvalue weighted by atomic mass is 10.1. The maximum absolute atomic E-state index is 12.8. The lowest BCUT2D eigenvalue weighted by molar-refractivity contribution is 0.601. The van der Waals surface area contributed by atoms with Crippen molar-refractivity contribution in [2.75, 3.05) is 4.72 Å². The van der Waals surface area contributed by atoms with Gasteiger partial charge in [-0.2, -0.15) is 5.10 Å². The molecule has 2 aromatic heterocycles. The minimum Gasteiger partial charge on any atom is -0.308 e. The van der Waals surface area contributed by atoms with E-state index in [2.05, 4.69) is 19.8 Å². The Bertz CT molecular complexity index is 1390. The molecule has 2 N–H and O–H groups in total. The zero-order valence-electron chi connectivity index (χ0n) is 17.3. The Kier molecular flexibility index (Phi) is 5.60. The topological polar surface area (TPSA) is 110 Å². The number of nitrogens with one attached hydrogen (secondary N) is 2. The highest BCUT2D eigenvalue weighted by Crippen LogP contribution is 2.22. The van der Waals surface area contributed by atoms with Crippen LogP contribution < -0.4 is 10.3 Å². The van der Waals surface area contributed by atoms with E-state index in [1.807, 2.05) is 19.1 Å². The molecule has 0 saturated carbocycles. The first-order chi connectivity index (χ1) is 14.9. The molecule has 31 heavy (non-hydrogen) atoms. The van der Waals surface area contributed by atoms with Gasteiger partial charge in [-0.05, 0) is 30.2 Å². The smallest absolute Gasteiger partial charge is 0.277 e. The Hall–Kier alpha value is -3.46. The Balaban J connectivity index is 1.70. The largest absolute Gasteiger partial charge is 0.308 e. The van der Waals surface area contributed by atoms with Crippen molar-refractivity contribution >= 4 is 26.7 Å². The van der Waals surface area contributed by atoms with Crippen molar-refractivity contribution in [3.8, 4) is 0 Å². The van der Waals surface area contributed by atoms with Crippen LogP contribution in [-0.4, -0.2) is 28.2 Å². The molecule has 0 fully saturated rings. The van der Waals surface area contributed by atoms with E-state index in [4.69, 9.17) is 0 Å². The lowest BCUT2D eigenvalue weighted by Gasteiger charge is -2.12. The molecule has 9 heteroatoms. The van der Waals surface area contributed by atoms with Crippen molar-refractivity contribution in [1.29, 1.82) is 0 Å². The second-order valence-corrected chi connectivity index (χ2v) is 8.97. The molecule has 160 valence electrons. The Labute approximate surface area is 180 Å². The first-order valence-corrected chi connectivity index (χ1v) is 11.5. The van der Waals surface area contributed by atoms with Crippen LogP contribution in [0.3, 0.4) is 0 Å². The third-order valence-electron chi connectivity index (χ3n) is 4.97. The number of aromatic nitrogens is 4. The summed E-state index contributed by atoms with van der Waals surface area (Å²) in [7, 11) is -2.01. The number of sulfonamides is 1. The maximum Gasteiger partial charge on any atom is 0.277 e. The molecule has 4 aromatic rings. The van der Waals surface area contributed by atoms with Gasteiger partial charge in [-0.15, -0.1) is 0 Å². The average molecular weight is 438 g/mol. The zero-order valence-corrected chi connectivity index (χ0v) is 18.1. The molecule has 4 rings (SSSR count). The van der Waals surface area contributed by atoms with Crippen LogP contribution in [0.4, 0.5) is 5.69 Å². The summed E-state index contributed by atoms with van der Waals surface area (Å²) in [5.41, 5.74) is 2.68. The third kappa shape index (κ3) is 4.22. The number of aryl methyl sites for hydroxylation is 2. The minimum absolute atomic E-state index is 0.178. The summed E-state index contributed by atoms with van der Waals surface area (Å²) in [4.78, 5) is 20.3. The molecule has 0 aliphatic heterocycles. The van der Waals surface area contributed by atoms with Crippen molar-refractivity contribution in [1.82, 2.24) is 19.7 Å². The maximum atomic E-state index is 12.8. The van der Waals surface area contributed by atoms with Crippen LogP contribution in [0.5, 0.6) is 0 Å². The van der Waals surface area contributed by atoms with E-state index >= 15 is 0 Å². The van der Waals surface area contributed by atoms with Crippen LogP contribution in [0.25, 0.3) is 11.0 Å². The number of para-hydroxylation sites is 1. The van der Waals surface area contributed by atoms with Crippen molar-refractivity contribution in [3.63, 3.8) is 0 Å². The van der Waals surface area contributed by atoms with Crippen LogP contribution in [0.15, 0.2) is 64.3 Å². The average Bonchev–Trinajstić information content (AvgIpc) is 3.06. The SMILES string of the molecule is CCCc1nn(C)c2c(=O)[nH]c(Cc3ccccc3NS(=O)(=O)c3ccccc3)nc12. The van der Waals surface area contributed by atoms with Gasteiger partial charge in [-0.3, -0.25) is 14.2 Å². The number of hydrogen-bond acceptors (Lipinski definition) is 5. The highest BCUT2D eigenvalue weighted by molar-refractivity contribution is 7.92. The zero-order chi connectivity index (χ0) is 22.0. The number of benzene rings is 2. The number of rotatable bonds is 7. The monoisotopic (exact) mass is 437 g/mol. The fraction of sp³-hybridized carbons (Fsp3) is 0.227. The second-order valence-electron chi connectivity index (χ2n) is 7.28. The first-order valence-electron chi connectivity index (χ1n) is 9.99. The van der Waals surface area contributed by atoms with E-state index in [1.54, 1.807) is 42.1 Å². The van der Waals surface area contributed by atoms with Gasteiger partial charge in [0.25, 0.3) is 15.6 Å². The Morgan fingerprint density at radius 2 is 1.77 bits per heavy atom. The van der Waals surface area contributed by atoms with E-state index in [-0.39, 0.29) is 16.9 Å². The Morgan fingerprint density at radius 3 is 2.52 bits per heavy atom. The van der Waals surface area contributed by atoms with Gasteiger partial charge in [0.15, 0.2) is 5.52 Å². The first kappa shape index (κ1) is 20.8. The molecule has 8 nitrogen and oxygen atoms in total. The normalized spacial score (nSPS) is 11.7. The van der Waals surface area contributed by atoms with Crippen molar-refractivity contribution < 1.29 is 8.42 Å². The number of fused-ring (bicyclic) bond motifs is 1. The summed E-state index contributed by atoms with van der Waals surface area (Å²) < 4.78 is 29.7. The number of anilines is 1. The van der Waals surface area contributed by atoms with Crippen LogP contribution in [0, 0.1) is 0 Å². The quantitative estimate of drug-likeness (QED) is 0.462. The van der Waals surface area contributed by atoms with E-state index in [1.165, 1.54) is 12.1 Å². The number of H-pyrrole nitrogens is 1. The molecule has 0 radical (unpaired) electrons. The van der Waals surface area contributed by atoms with Gasteiger partial charge in [0.05, 0.1) is 16.3 Å². The fourth-order valence-corrected chi connectivity index (χ4v) is 4.66. The highest BCUT2D eigenvalue weighted by Gasteiger charge is 2.18. The van der Waals surface area contributed by atoms with Gasteiger partial charge < -0.3 is 4.98 Å². The fourth-order valence-electron chi connectivity index (χ4n) is 3.54. The molecular formula is C22H23N5O3S. The van der Waals surface area contributed by atoms with Crippen LogP contribution in [-0.2, 0) is 29.9 Å². The van der Waals surface area contributed by atoms with Gasteiger partial charge in [0.2, 0.25) is 0 Å². The van der Waals surface area contributed by atoms with E-state index in [0.717, 1.165) is 18.5 Å². The molecular weight excluding hydrogens is 414 g/mol. The predicted octanol–water partition coefficient (Wildman–Crippen LogP) is 3.00. The van der Waals surface area contributed by atoms with Gasteiger partial charge in [0, 0.05) is 13.5 Å². The number of nitrogens with zero attached hydrogens (tertiary/aromatic N) is 3. The predicted molar refractivity (Wildman–Crippen MR) is 120 cm³/mol. The molecule has 0 spiro atoms. The number of aromatic amines is 1. The molecule has 2 aromatic carbocycles. The van der Waals surface area contributed by atoms with Crippen LogP contribution in [0.2, 0.25) is 0 Å². The molecule has 0 aliphatic carbocycles. The summed E-state index contributed by atoms with van der Waals surface area (Å²) in [6.07, 6.45) is 1.87. The van der Waals surface area contributed by atoms with Crippen LogP contribution >= 0.6 is 0 Å². The van der Waals surface area contributed by atoms with Gasteiger partial charge >= 0.3 is 0 Å². The standard InChI is InChI=1S/C22H23N5O3S/c1-3-9-18-20-21(27(2)25-18)22(28)24-19(23-20)14-15-10-7-8-13-17(15)26-31(29,30)16-11-5-4-6-12-16/h4-8,10-13,26H,3,9,14H2,1-2H3,(H,23,24,28). The molecule has 0 atom stereocenters. The molecule has 0 amide bonds. The summed E-state index contributed by atoms with van der Waals surface area (Å²) >= 11 is 0. The summed E-state index contributed by atoms with van der Waals surface area (Å²) in [5, 5.41) is 4.43. The van der Waals surface area contributed by atoms with E-state index < -0.39 is 10.0 Å². The Morgan fingerprint density at radius 1 is 1.06 bits per heavy atom. The van der Waals surface area contributed by atoms with Gasteiger partial charge in [-0.25, -0.2) is 13.4 Å². The molecule has 2 heterocycles. The third-order valence-corrected chi connectivity index (χ3v) is 6.35. The minimum atomic E-state index is -3.74. The lowest BCUT2D eigenvalue weighted by Crippen LogP contribution is -2.16. The van der Waals surface area contributed by atoms with Crippen molar-refractivity contribution in [2.45, 2.75) is 31.1 Å². The molecule has 0 unspecified atom stereocenters.